The van der Waals surface area contributed by atoms with Crippen LogP contribution in [0.15, 0.2) is 18.3 Å². The van der Waals surface area contributed by atoms with Gasteiger partial charge in [-0.1, -0.05) is 0 Å². The van der Waals surface area contributed by atoms with Crippen LogP contribution in [0.2, 0.25) is 0 Å². The molecule has 1 aromatic rings. The fourth-order valence-corrected chi connectivity index (χ4v) is 1.05. The molecule has 0 bridgehead atoms. The van der Waals surface area contributed by atoms with Crippen LogP contribution in [0.3, 0.4) is 0 Å². The minimum atomic E-state index is 0.0551. The summed E-state index contributed by atoms with van der Waals surface area (Å²) in [5.74, 6) is 0.171. The van der Waals surface area contributed by atoms with Crippen molar-refractivity contribution < 1.29 is 14.9 Å². The smallest absolute Gasteiger partial charge is 0.133 e. The summed E-state index contributed by atoms with van der Waals surface area (Å²) in [7, 11) is 0. The van der Waals surface area contributed by atoms with Crippen molar-refractivity contribution >= 4 is 0 Å². The number of nitrogens with one attached hydrogen (secondary N) is 1. The molecule has 84 valence electrons. The second-order valence-corrected chi connectivity index (χ2v) is 3.02. The Morgan fingerprint density at radius 1 is 1.33 bits per heavy atom. The molecule has 5 nitrogen and oxygen atoms in total. The van der Waals surface area contributed by atoms with Crippen LogP contribution < -0.4 is 5.32 Å². The molecule has 0 aliphatic heterocycles. The van der Waals surface area contributed by atoms with Crippen molar-refractivity contribution in [1.29, 1.82) is 0 Å². The van der Waals surface area contributed by atoms with Crippen LogP contribution in [0, 0.1) is 0 Å². The lowest BCUT2D eigenvalue weighted by Crippen LogP contribution is -2.20. The first-order valence-electron chi connectivity index (χ1n) is 4.86. The maximum absolute atomic E-state index is 9.00. The van der Waals surface area contributed by atoms with Gasteiger partial charge in [0, 0.05) is 13.1 Å². The Labute approximate surface area is 88.7 Å². The van der Waals surface area contributed by atoms with Gasteiger partial charge >= 0.3 is 0 Å². The number of hydrogen-bond acceptors (Lipinski definition) is 5. The second kappa shape index (κ2) is 7.17. The van der Waals surface area contributed by atoms with Crippen molar-refractivity contribution in [2.45, 2.75) is 6.54 Å². The molecule has 1 heterocycles. The zero-order chi connectivity index (χ0) is 10.9. The first-order valence-corrected chi connectivity index (χ1v) is 4.86. The first kappa shape index (κ1) is 11.9. The molecule has 0 aromatic carbocycles. The number of hydrogen-bond donors (Lipinski definition) is 3. The standard InChI is InChI=1S/C10H16N2O3/c13-4-6-15-5-3-11-7-9-1-2-10(14)8-12-9/h1-2,8,11,13-14H,3-7H2. The Bertz CT molecular complexity index is 264. The van der Waals surface area contributed by atoms with Crippen LogP contribution in [0.5, 0.6) is 5.75 Å². The van der Waals surface area contributed by atoms with Crippen molar-refractivity contribution in [3.05, 3.63) is 24.0 Å². The van der Waals surface area contributed by atoms with E-state index in [0.29, 0.717) is 26.3 Å². The topological polar surface area (TPSA) is 74.6 Å². The van der Waals surface area contributed by atoms with Crippen LogP contribution in [-0.4, -0.2) is 41.6 Å². The van der Waals surface area contributed by atoms with Gasteiger partial charge in [-0.3, -0.25) is 4.98 Å². The van der Waals surface area contributed by atoms with Crippen LogP contribution in [0.4, 0.5) is 0 Å². The van der Waals surface area contributed by atoms with Crippen LogP contribution in [0.25, 0.3) is 0 Å². The number of aliphatic hydroxyl groups is 1. The zero-order valence-electron chi connectivity index (χ0n) is 8.52. The Kier molecular flexibility index (Phi) is 5.69. The average molecular weight is 212 g/mol. The van der Waals surface area contributed by atoms with E-state index in [0.717, 1.165) is 5.69 Å². The van der Waals surface area contributed by atoms with E-state index in [2.05, 4.69) is 10.3 Å². The van der Waals surface area contributed by atoms with E-state index in [1.165, 1.54) is 6.20 Å². The number of aromatic nitrogens is 1. The van der Waals surface area contributed by atoms with Gasteiger partial charge in [-0.25, -0.2) is 0 Å². The summed E-state index contributed by atoms with van der Waals surface area (Å²) in [5, 5.41) is 20.6. The summed E-state index contributed by atoms with van der Waals surface area (Å²) in [6.07, 6.45) is 1.42. The van der Waals surface area contributed by atoms with Gasteiger partial charge in [-0.15, -0.1) is 0 Å². The Morgan fingerprint density at radius 2 is 2.20 bits per heavy atom. The molecule has 0 saturated carbocycles. The first-order chi connectivity index (χ1) is 7.33. The fourth-order valence-electron chi connectivity index (χ4n) is 1.05. The molecular formula is C10H16N2O3. The fraction of sp³-hybridized carbons (Fsp3) is 0.500. The van der Waals surface area contributed by atoms with Gasteiger partial charge in [-0.05, 0) is 12.1 Å². The number of nitrogens with zero attached hydrogens (tertiary/aromatic N) is 1. The number of aliphatic hydroxyl groups excluding tert-OH is 1. The molecule has 0 fully saturated rings. The number of rotatable bonds is 7. The van der Waals surface area contributed by atoms with E-state index in [-0.39, 0.29) is 12.4 Å². The molecule has 0 aliphatic carbocycles. The second-order valence-electron chi connectivity index (χ2n) is 3.02. The van der Waals surface area contributed by atoms with Gasteiger partial charge in [0.25, 0.3) is 0 Å². The number of ether oxygens (including phenoxy) is 1. The zero-order valence-corrected chi connectivity index (χ0v) is 8.52. The summed E-state index contributed by atoms with van der Waals surface area (Å²) >= 11 is 0. The third kappa shape index (κ3) is 5.31. The van der Waals surface area contributed by atoms with E-state index >= 15 is 0 Å². The summed E-state index contributed by atoms with van der Waals surface area (Å²) in [4.78, 5) is 4.02. The van der Waals surface area contributed by atoms with E-state index in [1.54, 1.807) is 12.1 Å². The molecule has 1 rings (SSSR count). The monoisotopic (exact) mass is 212 g/mol. The molecular weight excluding hydrogens is 196 g/mol. The van der Waals surface area contributed by atoms with Gasteiger partial charge in [0.2, 0.25) is 0 Å². The SMILES string of the molecule is OCCOCCNCc1ccc(O)cn1. The summed E-state index contributed by atoms with van der Waals surface area (Å²) in [6, 6.07) is 3.36. The molecule has 0 atom stereocenters. The highest BCUT2D eigenvalue weighted by Gasteiger charge is 1.94. The normalized spacial score (nSPS) is 10.5. The lowest BCUT2D eigenvalue weighted by atomic mass is 10.3. The van der Waals surface area contributed by atoms with E-state index in [9.17, 15) is 0 Å². The molecule has 15 heavy (non-hydrogen) atoms. The summed E-state index contributed by atoms with van der Waals surface area (Å²) in [6.45, 7) is 2.35. The highest BCUT2D eigenvalue weighted by molar-refractivity contribution is 5.17. The third-order valence-electron chi connectivity index (χ3n) is 1.77. The largest absolute Gasteiger partial charge is 0.506 e. The quantitative estimate of drug-likeness (QED) is 0.550. The third-order valence-corrected chi connectivity index (χ3v) is 1.77. The van der Waals surface area contributed by atoms with E-state index in [1.807, 2.05) is 0 Å². The molecule has 5 heteroatoms. The van der Waals surface area contributed by atoms with Gasteiger partial charge in [0.05, 0.1) is 31.7 Å². The predicted molar refractivity (Wildman–Crippen MR) is 55.5 cm³/mol. The molecule has 0 saturated heterocycles. The lowest BCUT2D eigenvalue weighted by molar-refractivity contribution is 0.0937. The Hall–Kier alpha value is -1.17. The van der Waals surface area contributed by atoms with E-state index < -0.39 is 0 Å². The van der Waals surface area contributed by atoms with Gasteiger partial charge in [0.1, 0.15) is 5.75 Å². The van der Waals surface area contributed by atoms with Crippen LogP contribution >= 0.6 is 0 Å². The molecule has 0 amide bonds. The Balaban J connectivity index is 2.07. The lowest BCUT2D eigenvalue weighted by Gasteiger charge is -2.04. The van der Waals surface area contributed by atoms with Crippen LogP contribution in [-0.2, 0) is 11.3 Å². The molecule has 0 spiro atoms. The van der Waals surface area contributed by atoms with E-state index in [4.69, 9.17) is 14.9 Å². The van der Waals surface area contributed by atoms with Crippen molar-refractivity contribution in [3.63, 3.8) is 0 Å². The number of pyridine rings is 1. The van der Waals surface area contributed by atoms with Crippen LogP contribution in [0.1, 0.15) is 5.69 Å². The highest BCUT2D eigenvalue weighted by atomic mass is 16.5. The maximum Gasteiger partial charge on any atom is 0.133 e. The maximum atomic E-state index is 9.00. The average Bonchev–Trinajstić information content (AvgIpc) is 2.26. The molecule has 0 unspecified atom stereocenters. The number of aromatic hydroxyl groups is 1. The summed E-state index contributed by atoms with van der Waals surface area (Å²) in [5.41, 5.74) is 0.870. The molecule has 3 N–H and O–H groups in total. The highest BCUT2D eigenvalue weighted by Crippen LogP contribution is 2.05. The van der Waals surface area contributed by atoms with Crippen molar-refractivity contribution in [2.24, 2.45) is 0 Å². The van der Waals surface area contributed by atoms with Gasteiger partial charge < -0.3 is 20.3 Å². The Morgan fingerprint density at radius 3 is 2.87 bits per heavy atom. The van der Waals surface area contributed by atoms with Crippen molar-refractivity contribution in [2.75, 3.05) is 26.4 Å². The van der Waals surface area contributed by atoms with Gasteiger partial charge in [-0.2, -0.15) is 0 Å². The van der Waals surface area contributed by atoms with Crippen molar-refractivity contribution in [1.82, 2.24) is 10.3 Å². The van der Waals surface area contributed by atoms with Crippen molar-refractivity contribution in [3.8, 4) is 5.75 Å². The van der Waals surface area contributed by atoms with Gasteiger partial charge in [0.15, 0.2) is 0 Å². The summed E-state index contributed by atoms with van der Waals surface area (Å²) < 4.78 is 5.07. The molecule has 1 aromatic heterocycles. The molecule has 0 radical (unpaired) electrons. The molecule has 0 aliphatic rings. The predicted octanol–water partition coefficient (Wildman–Crippen LogP) is -0.114. The minimum absolute atomic E-state index is 0.0551. The minimum Gasteiger partial charge on any atom is -0.506 e.